The first-order valence-corrected chi connectivity index (χ1v) is 18.3. The van der Waals surface area contributed by atoms with Crippen molar-refractivity contribution in [1.82, 2.24) is 24.7 Å². The van der Waals surface area contributed by atoms with Gasteiger partial charge < -0.3 is 20.4 Å². The predicted octanol–water partition coefficient (Wildman–Crippen LogP) is 3.08. The second kappa shape index (κ2) is 14.4. The first-order valence-electron chi connectivity index (χ1n) is 16.4. The Morgan fingerprint density at radius 3 is 1.98 bits per heavy atom. The summed E-state index contributed by atoms with van der Waals surface area (Å²) in [7, 11) is -3.37. The summed E-state index contributed by atoms with van der Waals surface area (Å²) in [5, 5.41) is 6.62. The number of nitrogens with zero attached hydrogens (tertiary/aromatic N) is 3. The van der Waals surface area contributed by atoms with Crippen LogP contribution in [0.25, 0.3) is 11.1 Å². The third-order valence-electron chi connectivity index (χ3n) is 9.57. The van der Waals surface area contributed by atoms with Crippen LogP contribution in [-0.4, -0.2) is 104 Å². The van der Waals surface area contributed by atoms with Crippen molar-refractivity contribution in [3.05, 3.63) is 96.1 Å². The number of benzene rings is 3. The van der Waals surface area contributed by atoms with Crippen LogP contribution in [0.1, 0.15) is 47.5 Å². The first kappa shape index (κ1) is 32.9. The van der Waals surface area contributed by atoms with Crippen LogP contribution >= 0.6 is 0 Å². The van der Waals surface area contributed by atoms with Crippen molar-refractivity contribution in [3.63, 3.8) is 0 Å². The zero-order valence-electron chi connectivity index (χ0n) is 26.8. The van der Waals surface area contributed by atoms with E-state index in [1.165, 1.54) is 9.87 Å². The summed E-state index contributed by atoms with van der Waals surface area (Å²) < 4.78 is 25.4. The summed E-state index contributed by atoms with van der Waals surface area (Å²) in [5.41, 5.74) is 3.74. The summed E-state index contributed by atoms with van der Waals surface area (Å²) in [5.74, 6) is -0.450. The van der Waals surface area contributed by atoms with Gasteiger partial charge in [-0.3, -0.25) is 14.4 Å². The van der Waals surface area contributed by atoms with E-state index < -0.39 is 22.0 Å². The predicted molar refractivity (Wildman–Crippen MR) is 181 cm³/mol. The number of rotatable bonds is 10. The molecule has 1 saturated carbocycles. The molecule has 3 aromatic rings. The Labute approximate surface area is 277 Å². The van der Waals surface area contributed by atoms with Gasteiger partial charge in [0.2, 0.25) is 21.8 Å². The summed E-state index contributed by atoms with van der Waals surface area (Å²) in [4.78, 5) is 44.1. The molecule has 2 N–H and O–H groups in total. The van der Waals surface area contributed by atoms with Crippen LogP contribution in [0.4, 0.5) is 0 Å². The van der Waals surface area contributed by atoms with Gasteiger partial charge in [-0.2, -0.15) is 4.31 Å². The number of sulfonamides is 1. The van der Waals surface area contributed by atoms with Gasteiger partial charge in [-0.05, 0) is 48.1 Å². The molecule has 10 nitrogen and oxygen atoms in total. The smallest absolute Gasteiger partial charge is 0.251 e. The largest absolute Gasteiger partial charge is 0.343 e. The molecule has 3 atom stereocenters. The van der Waals surface area contributed by atoms with Crippen molar-refractivity contribution in [3.8, 4) is 11.1 Å². The molecule has 3 fully saturated rings. The Morgan fingerprint density at radius 2 is 1.36 bits per heavy atom. The van der Waals surface area contributed by atoms with Crippen molar-refractivity contribution in [2.45, 2.75) is 49.7 Å². The maximum absolute atomic E-state index is 13.8. The fourth-order valence-electron chi connectivity index (χ4n) is 6.70. The molecule has 0 unspecified atom stereocenters. The minimum Gasteiger partial charge on any atom is -0.343 e. The van der Waals surface area contributed by atoms with E-state index in [-0.39, 0.29) is 44.4 Å². The van der Waals surface area contributed by atoms with Crippen LogP contribution in [0.2, 0.25) is 0 Å². The Kier molecular flexibility index (Phi) is 10.0. The van der Waals surface area contributed by atoms with E-state index in [0.29, 0.717) is 36.7 Å². The van der Waals surface area contributed by atoms with Gasteiger partial charge in [-0.1, -0.05) is 72.8 Å². The molecule has 0 spiro atoms. The van der Waals surface area contributed by atoms with E-state index in [0.717, 1.165) is 36.6 Å². The number of amides is 3. The van der Waals surface area contributed by atoms with Gasteiger partial charge in [0, 0.05) is 62.8 Å². The number of nitrogens with one attached hydrogen (secondary N) is 2. The second-order valence-electron chi connectivity index (χ2n) is 12.8. The van der Waals surface area contributed by atoms with Gasteiger partial charge in [0.25, 0.3) is 5.91 Å². The topological polar surface area (TPSA) is 119 Å². The van der Waals surface area contributed by atoms with Crippen molar-refractivity contribution < 1.29 is 22.8 Å². The Balaban J connectivity index is 1.07. The Bertz CT molecular complexity index is 1650. The second-order valence-corrected chi connectivity index (χ2v) is 14.8. The molecule has 2 aliphatic heterocycles. The molecule has 0 aromatic heterocycles. The number of hydrogen-bond donors (Lipinski definition) is 2. The molecule has 0 radical (unpaired) electrons. The number of carbonyl (C=O) groups excluding carboxylic acids is 3. The molecular formula is C36H43N5O5S. The van der Waals surface area contributed by atoms with Crippen molar-refractivity contribution in [2.75, 3.05) is 45.5 Å². The lowest BCUT2D eigenvalue weighted by atomic mass is 10.0. The normalized spacial score (nSPS) is 21.2. The average Bonchev–Trinajstić information content (AvgIpc) is 3.87. The lowest BCUT2D eigenvalue weighted by Gasteiger charge is -2.36. The van der Waals surface area contributed by atoms with Crippen LogP contribution in [0, 0.1) is 0 Å². The number of likely N-dealkylation sites (tertiary alicyclic amines) is 1. The van der Waals surface area contributed by atoms with Gasteiger partial charge >= 0.3 is 0 Å². The van der Waals surface area contributed by atoms with E-state index in [2.05, 4.69) is 34.9 Å². The SMILES string of the molecule is CS(=O)(=O)N1CCN(C(=O)[C@H](CC(=O)N2CCC(N[C@@H]3C[C@H]3c3ccccc3)CC2)NC(=O)c2ccc(-c3ccccc3)cc2)CC1. The number of piperidine rings is 1. The van der Waals surface area contributed by atoms with Crippen molar-refractivity contribution >= 4 is 27.7 Å². The zero-order chi connectivity index (χ0) is 33.0. The molecule has 47 heavy (non-hydrogen) atoms. The van der Waals surface area contributed by atoms with Crippen molar-refractivity contribution in [2.24, 2.45) is 0 Å². The summed E-state index contributed by atoms with van der Waals surface area (Å²) in [6.07, 6.45) is 3.78. The van der Waals surface area contributed by atoms with Gasteiger partial charge in [0.1, 0.15) is 6.04 Å². The maximum Gasteiger partial charge on any atom is 0.251 e. The molecule has 0 bridgehead atoms. The highest BCUT2D eigenvalue weighted by atomic mass is 32.2. The van der Waals surface area contributed by atoms with Crippen LogP contribution in [-0.2, 0) is 19.6 Å². The van der Waals surface area contributed by atoms with E-state index in [9.17, 15) is 22.8 Å². The van der Waals surface area contributed by atoms with Gasteiger partial charge in [-0.15, -0.1) is 0 Å². The van der Waals surface area contributed by atoms with E-state index in [4.69, 9.17) is 0 Å². The molecule has 248 valence electrons. The summed E-state index contributed by atoms with van der Waals surface area (Å²) >= 11 is 0. The molecule has 3 amide bonds. The third-order valence-corrected chi connectivity index (χ3v) is 10.9. The summed E-state index contributed by atoms with van der Waals surface area (Å²) in [6, 6.07) is 27.2. The molecule has 2 heterocycles. The van der Waals surface area contributed by atoms with E-state index in [1.807, 2.05) is 48.5 Å². The van der Waals surface area contributed by atoms with Gasteiger partial charge in [0.05, 0.1) is 12.7 Å². The number of piperazine rings is 1. The highest BCUT2D eigenvalue weighted by Gasteiger charge is 2.40. The zero-order valence-corrected chi connectivity index (χ0v) is 27.6. The highest BCUT2D eigenvalue weighted by molar-refractivity contribution is 7.88. The van der Waals surface area contributed by atoms with Crippen molar-refractivity contribution in [1.29, 1.82) is 0 Å². The quantitative estimate of drug-likeness (QED) is 0.346. The van der Waals surface area contributed by atoms with Crippen LogP contribution in [0.5, 0.6) is 0 Å². The minimum absolute atomic E-state index is 0.157. The van der Waals surface area contributed by atoms with E-state index >= 15 is 0 Å². The molecule has 3 aromatic carbocycles. The fourth-order valence-corrected chi connectivity index (χ4v) is 7.52. The van der Waals surface area contributed by atoms with E-state index in [1.54, 1.807) is 21.9 Å². The standard InChI is InChI=1S/C36H43N5O5S/c1-47(45,46)41-22-20-40(21-23-41)36(44)33(38-35(43)29-14-12-27(13-15-29)26-8-4-2-5-9-26)25-34(42)39-18-16-30(17-19-39)37-32-24-31(32)28-10-6-3-7-11-28/h2-15,30-33,37H,16-25H2,1H3,(H,38,43)/t31-,32+,33-/m0/s1. The first-order chi connectivity index (χ1) is 22.7. The molecule has 3 aliphatic rings. The fraction of sp³-hybridized carbons (Fsp3) is 0.417. The van der Waals surface area contributed by atoms with Crippen LogP contribution in [0.3, 0.4) is 0 Å². The number of carbonyl (C=O) groups is 3. The molecule has 1 aliphatic carbocycles. The highest BCUT2D eigenvalue weighted by Crippen LogP contribution is 2.41. The average molecular weight is 658 g/mol. The lowest BCUT2D eigenvalue weighted by Crippen LogP contribution is -2.57. The van der Waals surface area contributed by atoms with Gasteiger partial charge in [-0.25, -0.2) is 8.42 Å². The van der Waals surface area contributed by atoms with Crippen LogP contribution < -0.4 is 10.6 Å². The van der Waals surface area contributed by atoms with Crippen LogP contribution in [0.15, 0.2) is 84.9 Å². The molecule has 6 rings (SSSR count). The summed E-state index contributed by atoms with van der Waals surface area (Å²) in [6.45, 7) is 1.91. The maximum atomic E-state index is 13.8. The minimum atomic E-state index is -3.37. The monoisotopic (exact) mass is 657 g/mol. The Morgan fingerprint density at radius 1 is 0.766 bits per heavy atom. The third kappa shape index (κ3) is 8.27. The molecular weight excluding hydrogens is 614 g/mol. The van der Waals surface area contributed by atoms with Gasteiger partial charge in [0.15, 0.2) is 0 Å². The molecule has 11 heteroatoms. The number of hydrogen-bond acceptors (Lipinski definition) is 6. The molecule has 2 saturated heterocycles. The Hall–Kier alpha value is -4.06. The lowest BCUT2D eigenvalue weighted by molar-refractivity contribution is -0.140.